The molecule has 1 atom stereocenters. The zero-order valence-electron chi connectivity index (χ0n) is 8.51. The van der Waals surface area contributed by atoms with E-state index in [0.29, 0.717) is 18.3 Å². The lowest BCUT2D eigenvalue weighted by atomic mass is 10.3. The molecule has 1 aliphatic rings. The Morgan fingerprint density at radius 1 is 1.67 bits per heavy atom. The quantitative estimate of drug-likeness (QED) is 0.688. The lowest BCUT2D eigenvalue weighted by molar-refractivity contribution is -0.0264. The van der Waals surface area contributed by atoms with Gasteiger partial charge in [-0.2, -0.15) is 10.2 Å². The summed E-state index contributed by atoms with van der Waals surface area (Å²) in [6, 6.07) is 1.96. The van der Waals surface area contributed by atoms with Gasteiger partial charge in [0.2, 0.25) is 11.7 Å². The molecule has 0 saturated carbocycles. The third kappa shape index (κ3) is 2.32. The molecule has 1 aromatic rings. The average Bonchev–Trinajstić information content (AvgIpc) is 2.67. The summed E-state index contributed by atoms with van der Waals surface area (Å²) < 4.78 is 10.4. The largest absolute Gasteiger partial charge is 0.367 e. The molecular formula is C9H12N4O2. The molecule has 0 amide bonds. The van der Waals surface area contributed by atoms with Crippen LogP contribution < -0.4 is 0 Å². The zero-order chi connectivity index (χ0) is 10.7. The maximum atomic E-state index is 8.46. The van der Waals surface area contributed by atoms with Crippen LogP contribution in [-0.2, 0) is 11.2 Å². The van der Waals surface area contributed by atoms with E-state index in [9.17, 15) is 0 Å². The number of nitrogens with zero attached hydrogens (tertiary/aromatic N) is 4. The van der Waals surface area contributed by atoms with E-state index >= 15 is 0 Å². The van der Waals surface area contributed by atoms with Gasteiger partial charge in [-0.3, -0.25) is 0 Å². The summed E-state index contributed by atoms with van der Waals surface area (Å²) >= 11 is 0. The molecule has 15 heavy (non-hydrogen) atoms. The summed E-state index contributed by atoms with van der Waals surface area (Å²) in [5, 5.41) is 12.3. The molecule has 0 N–H and O–H groups in total. The Morgan fingerprint density at radius 2 is 2.53 bits per heavy atom. The van der Waals surface area contributed by atoms with Crippen LogP contribution in [-0.4, -0.2) is 41.8 Å². The third-order valence-electron chi connectivity index (χ3n) is 2.27. The number of likely N-dealkylation sites (N-methyl/N-ethyl adjacent to an activating group) is 1. The topological polar surface area (TPSA) is 75.2 Å². The van der Waals surface area contributed by atoms with Crippen molar-refractivity contribution in [3.05, 3.63) is 11.7 Å². The highest BCUT2D eigenvalue weighted by molar-refractivity contribution is 4.97. The molecule has 2 rings (SSSR count). The van der Waals surface area contributed by atoms with Crippen molar-refractivity contribution in [2.45, 2.75) is 12.5 Å². The number of rotatable bonds is 2. The van der Waals surface area contributed by atoms with Crippen LogP contribution in [0.1, 0.15) is 17.8 Å². The molecule has 0 aliphatic carbocycles. The second-order valence-electron chi connectivity index (χ2n) is 3.50. The minimum Gasteiger partial charge on any atom is -0.367 e. The number of ether oxygens (including phenoxy) is 1. The molecule has 0 radical (unpaired) electrons. The predicted octanol–water partition coefficient (Wildman–Crippen LogP) is 0.139. The molecule has 1 unspecified atom stereocenters. The van der Waals surface area contributed by atoms with E-state index in [0.717, 1.165) is 13.1 Å². The minimum absolute atomic E-state index is 0.139. The molecule has 1 saturated heterocycles. The first-order valence-electron chi connectivity index (χ1n) is 4.79. The normalized spacial score (nSPS) is 22.5. The van der Waals surface area contributed by atoms with Crippen molar-refractivity contribution >= 4 is 0 Å². The monoisotopic (exact) mass is 208 g/mol. The van der Waals surface area contributed by atoms with Crippen LogP contribution in [0.3, 0.4) is 0 Å². The molecule has 80 valence electrons. The summed E-state index contributed by atoms with van der Waals surface area (Å²) in [5.41, 5.74) is 0. The highest BCUT2D eigenvalue weighted by atomic mass is 16.5. The molecular weight excluding hydrogens is 196 g/mol. The lowest BCUT2D eigenvalue weighted by Gasteiger charge is -2.27. The SMILES string of the molecule is CN1CCOC(c2noc(CC#N)n2)C1. The van der Waals surface area contributed by atoms with Gasteiger partial charge >= 0.3 is 0 Å². The van der Waals surface area contributed by atoms with E-state index in [2.05, 4.69) is 15.0 Å². The Kier molecular flexibility index (Phi) is 2.94. The van der Waals surface area contributed by atoms with Gasteiger partial charge in [0.15, 0.2) is 0 Å². The van der Waals surface area contributed by atoms with Gasteiger partial charge in [-0.15, -0.1) is 0 Å². The maximum Gasteiger partial charge on any atom is 0.240 e. The van der Waals surface area contributed by atoms with Crippen LogP contribution in [0.15, 0.2) is 4.52 Å². The Bertz CT molecular complexity index is 370. The van der Waals surface area contributed by atoms with Crippen LogP contribution >= 0.6 is 0 Å². The van der Waals surface area contributed by atoms with Gasteiger partial charge in [-0.1, -0.05) is 5.16 Å². The van der Waals surface area contributed by atoms with Gasteiger partial charge in [0, 0.05) is 13.1 Å². The van der Waals surface area contributed by atoms with Gasteiger partial charge in [0.25, 0.3) is 0 Å². The standard InChI is InChI=1S/C9H12N4O2/c1-13-4-5-14-7(6-13)9-11-8(2-3-10)15-12-9/h7H,2,4-6H2,1H3. The highest BCUT2D eigenvalue weighted by Gasteiger charge is 2.24. The predicted molar refractivity (Wildman–Crippen MR) is 49.8 cm³/mol. The molecule has 0 aromatic carbocycles. The highest BCUT2D eigenvalue weighted by Crippen LogP contribution is 2.18. The summed E-state index contributed by atoms with van der Waals surface area (Å²) in [5.74, 6) is 0.885. The molecule has 0 bridgehead atoms. The Morgan fingerprint density at radius 3 is 3.27 bits per heavy atom. The van der Waals surface area contributed by atoms with E-state index in [1.54, 1.807) is 0 Å². The molecule has 1 fully saturated rings. The third-order valence-corrected chi connectivity index (χ3v) is 2.27. The second-order valence-corrected chi connectivity index (χ2v) is 3.50. The van der Waals surface area contributed by atoms with Crippen LogP contribution in [0.2, 0.25) is 0 Å². The first-order chi connectivity index (χ1) is 7.29. The van der Waals surface area contributed by atoms with E-state index in [4.69, 9.17) is 14.5 Å². The van der Waals surface area contributed by atoms with Gasteiger partial charge in [0.05, 0.1) is 12.7 Å². The van der Waals surface area contributed by atoms with E-state index in [1.165, 1.54) is 0 Å². The molecule has 6 heteroatoms. The van der Waals surface area contributed by atoms with E-state index < -0.39 is 0 Å². The van der Waals surface area contributed by atoms with Crippen LogP contribution in [0.4, 0.5) is 0 Å². The van der Waals surface area contributed by atoms with Crippen LogP contribution in [0.5, 0.6) is 0 Å². The van der Waals surface area contributed by atoms with Crippen molar-refractivity contribution in [1.82, 2.24) is 15.0 Å². The van der Waals surface area contributed by atoms with Crippen LogP contribution in [0.25, 0.3) is 0 Å². The van der Waals surface area contributed by atoms with Gasteiger partial charge < -0.3 is 14.2 Å². The first-order valence-corrected chi connectivity index (χ1v) is 4.79. The smallest absolute Gasteiger partial charge is 0.240 e. The number of aromatic nitrogens is 2. The fourth-order valence-electron chi connectivity index (χ4n) is 1.47. The Hall–Kier alpha value is -1.45. The summed E-state index contributed by atoms with van der Waals surface area (Å²) in [7, 11) is 2.02. The fraction of sp³-hybridized carbons (Fsp3) is 0.667. The summed E-state index contributed by atoms with van der Waals surface area (Å²) in [4.78, 5) is 6.25. The molecule has 6 nitrogen and oxygen atoms in total. The van der Waals surface area contributed by atoms with Gasteiger partial charge in [-0.25, -0.2) is 0 Å². The summed E-state index contributed by atoms with van der Waals surface area (Å²) in [6.07, 6.45) is 0.00943. The second kappa shape index (κ2) is 4.38. The Labute approximate surface area is 87.4 Å². The average molecular weight is 208 g/mol. The zero-order valence-corrected chi connectivity index (χ0v) is 8.51. The summed E-state index contributed by atoms with van der Waals surface area (Å²) in [6.45, 7) is 2.34. The molecule has 2 heterocycles. The fourth-order valence-corrected chi connectivity index (χ4v) is 1.47. The number of hydrogen-bond donors (Lipinski definition) is 0. The molecule has 0 spiro atoms. The van der Waals surface area contributed by atoms with Crippen LogP contribution in [0, 0.1) is 11.3 Å². The van der Waals surface area contributed by atoms with Crippen molar-refractivity contribution in [2.75, 3.05) is 26.7 Å². The molecule has 1 aromatic heterocycles. The van der Waals surface area contributed by atoms with Crippen molar-refractivity contribution in [1.29, 1.82) is 5.26 Å². The van der Waals surface area contributed by atoms with Crippen molar-refractivity contribution in [2.24, 2.45) is 0 Å². The van der Waals surface area contributed by atoms with Crippen molar-refractivity contribution in [3.8, 4) is 6.07 Å². The lowest BCUT2D eigenvalue weighted by Crippen LogP contribution is -2.35. The van der Waals surface area contributed by atoms with Crippen molar-refractivity contribution < 1.29 is 9.26 Å². The van der Waals surface area contributed by atoms with Gasteiger partial charge in [-0.05, 0) is 7.05 Å². The number of hydrogen-bond acceptors (Lipinski definition) is 6. The van der Waals surface area contributed by atoms with Crippen molar-refractivity contribution in [3.63, 3.8) is 0 Å². The number of morpholine rings is 1. The molecule has 1 aliphatic heterocycles. The Balaban J connectivity index is 2.05. The minimum atomic E-state index is -0.139. The first kappa shape index (κ1) is 10.1. The van der Waals surface area contributed by atoms with E-state index in [1.807, 2.05) is 13.1 Å². The maximum absolute atomic E-state index is 8.46. The number of nitriles is 1. The van der Waals surface area contributed by atoms with E-state index in [-0.39, 0.29) is 12.5 Å². The van der Waals surface area contributed by atoms with Gasteiger partial charge in [0.1, 0.15) is 12.5 Å².